The number of nitrogens with one attached hydrogen (secondary N) is 1. The molecule has 9 heteroatoms. The highest BCUT2D eigenvalue weighted by Crippen LogP contribution is 2.47. The lowest BCUT2D eigenvalue weighted by molar-refractivity contribution is 0.156. The molecular formula is C23H26N4O4S. The smallest absolute Gasteiger partial charge is 0.231 e. The van der Waals surface area contributed by atoms with E-state index >= 15 is 0 Å². The molecule has 0 amide bonds. The second-order valence-corrected chi connectivity index (χ2v) is 8.41. The fraction of sp³-hybridized carbons (Fsp3) is 0.391. The standard InChI is InChI=1S/C23H26N4O4S/c1-3-29-22-17-11-27-5-4-13-6-19-20(31-12-30-19)9-16(13)18(27)8-15(17)14(7-21(22)28-2)10-25-26-23(24)32/h6-7,9-10,18H,3-5,8,11-12H2,1-2H3,(H3,24,26,32)/b25-10+. The van der Waals surface area contributed by atoms with Crippen LogP contribution in [-0.4, -0.2) is 43.3 Å². The maximum Gasteiger partial charge on any atom is 0.231 e. The van der Waals surface area contributed by atoms with Crippen LogP contribution in [0, 0.1) is 0 Å². The molecule has 0 fully saturated rings. The molecule has 168 valence electrons. The molecule has 0 bridgehead atoms. The quantitative estimate of drug-likeness (QED) is 0.405. The Balaban J connectivity index is 1.59. The average molecular weight is 455 g/mol. The van der Waals surface area contributed by atoms with Gasteiger partial charge in [-0.25, -0.2) is 0 Å². The van der Waals surface area contributed by atoms with E-state index in [1.165, 1.54) is 16.7 Å². The highest BCUT2D eigenvalue weighted by atomic mass is 32.1. The lowest BCUT2D eigenvalue weighted by atomic mass is 9.82. The Morgan fingerprint density at radius 1 is 1.31 bits per heavy atom. The molecule has 0 saturated heterocycles. The summed E-state index contributed by atoms with van der Waals surface area (Å²) in [5.74, 6) is 3.16. The van der Waals surface area contributed by atoms with Crippen LogP contribution in [0.4, 0.5) is 0 Å². The molecule has 3 aliphatic rings. The van der Waals surface area contributed by atoms with Gasteiger partial charge in [-0.3, -0.25) is 10.3 Å². The molecule has 1 unspecified atom stereocenters. The number of fused-ring (bicyclic) bond motifs is 5. The third kappa shape index (κ3) is 3.61. The molecule has 3 N–H and O–H groups in total. The van der Waals surface area contributed by atoms with E-state index in [1.807, 2.05) is 13.0 Å². The first kappa shape index (κ1) is 20.8. The van der Waals surface area contributed by atoms with Gasteiger partial charge in [0.25, 0.3) is 0 Å². The first-order chi connectivity index (χ1) is 15.6. The molecule has 1 atom stereocenters. The Morgan fingerprint density at radius 2 is 2.12 bits per heavy atom. The molecule has 3 aliphatic heterocycles. The molecule has 5 rings (SSSR count). The van der Waals surface area contributed by atoms with Crippen molar-refractivity contribution < 1.29 is 18.9 Å². The predicted octanol–water partition coefficient (Wildman–Crippen LogP) is 2.65. The SMILES string of the molecule is CCOc1c(OC)cc(/C=N/NC(N)=S)c2c1CN1CCc3cc4c(cc3C1C2)OCO4. The number of thiocarbonyl (C=S) groups is 1. The van der Waals surface area contributed by atoms with Crippen molar-refractivity contribution in [3.8, 4) is 23.0 Å². The summed E-state index contributed by atoms with van der Waals surface area (Å²) in [5, 5.41) is 4.33. The van der Waals surface area contributed by atoms with E-state index in [0.717, 1.165) is 54.3 Å². The van der Waals surface area contributed by atoms with E-state index in [9.17, 15) is 0 Å². The van der Waals surface area contributed by atoms with Gasteiger partial charge in [0.15, 0.2) is 28.1 Å². The maximum atomic E-state index is 6.04. The summed E-state index contributed by atoms with van der Waals surface area (Å²) in [6, 6.07) is 6.49. The summed E-state index contributed by atoms with van der Waals surface area (Å²) in [7, 11) is 1.66. The van der Waals surface area contributed by atoms with Crippen molar-refractivity contribution in [1.29, 1.82) is 0 Å². The minimum atomic E-state index is 0.122. The van der Waals surface area contributed by atoms with Crippen LogP contribution < -0.4 is 30.1 Å². The zero-order valence-corrected chi connectivity index (χ0v) is 19.0. The minimum Gasteiger partial charge on any atom is -0.493 e. The summed E-state index contributed by atoms with van der Waals surface area (Å²) in [6.45, 7) is 4.56. The maximum absolute atomic E-state index is 6.04. The zero-order chi connectivity index (χ0) is 22.2. The Hall–Kier alpha value is -3.04. The number of rotatable bonds is 5. The monoisotopic (exact) mass is 454 g/mol. The van der Waals surface area contributed by atoms with Gasteiger partial charge in [0.2, 0.25) is 6.79 Å². The third-order valence-electron chi connectivity index (χ3n) is 6.25. The van der Waals surface area contributed by atoms with Gasteiger partial charge >= 0.3 is 0 Å². The fourth-order valence-electron chi connectivity index (χ4n) is 4.86. The molecular weight excluding hydrogens is 428 g/mol. The normalized spacial score (nSPS) is 18.6. The van der Waals surface area contributed by atoms with Crippen molar-refractivity contribution in [3.05, 3.63) is 46.0 Å². The summed E-state index contributed by atoms with van der Waals surface area (Å²) < 4.78 is 23.0. The van der Waals surface area contributed by atoms with Crippen LogP contribution >= 0.6 is 12.2 Å². The van der Waals surface area contributed by atoms with Crippen LogP contribution in [0.2, 0.25) is 0 Å². The van der Waals surface area contributed by atoms with Gasteiger partial charge in [0, 0.05) is 30.3 Å². The number of nitrogens with two attached hydrogens (primary N) is 1. The summed E-state index contributed by atoms with van der Waals surface area (Å²) >= 11 is 4.87. The Bertz CT molecular complexity index is 1100. The van der Waals surface area contributed by atoms with Gasteiger partial charge in [-0.05, 0) is 66.9 Å². The van der Waals surface area contributed by atoms with Crippen molar-refractivity contribution in [2.45, 2.75) is 32.4 Å². The van der Waals surface area contributed by atoms with Crippen molar-refractivity contribution in [2.24, 2.45) is 10.8 Å². The number of hydrogen-bond donors (Lipinski definition) is 2. The number of hydrogen-bond acceptors (Lipinski definition) is 7. The molecule has 0 saturated carbocycles. The Kier molecular flexibility index (Phi) is 5.52. The summed E-state index contributed by atoms with van der Waals surface area (Å²) in [4.78, 5) is 2.50. The van der Waals surface area contributed by atoms with Crippen LogP contribution in [-0.2, 0) is 19.4 Å². The van der Waals surface area contributed by atoms with E-state index in [-0.39, 0.29) is 17.9 Å². The van der Waals surface area contributed by atoms with Gasteiger partial charge in [-0.15, -0.1) is 0 Å². The first-order valence-corrected chi connectivity index (χ1v) is 11.1. The van der Waals surface area contributed by atoms with Crippen LogP contribution in [0.15, 0.2) is 23.3 Å². The molecule has 0 spiro atoms. The van der Waals surface area contributed by atoms with E-state index < -0.39 is 0 Å². The van der Waals surface area contributed by atoms with E-state index in [4.69, 9.17) is 36.9 Å². The minimum absolute atomic E-state index is 0.122. The second kappa shape index (κ2) is 8.48. The van der Waals surface area contributed by atoms with E-state index in [1.54, 1.807) is 13.3 Å². The van der Waals surface area contributed by atoms with Crippen molar-refractivity contribution in [2.75, 3.05) is 27.1 Å². The fourth-order valence-corrected chi connectivity index (χ4v) is 4.92. The number of methoxy groups -OCH3 is 1. The van der Waals surface area contributed by atoms with Crippen LogP contribution in [0.25, 0.3) is 0 Å². The highest BCUT2D eigenvalue weighted by molar-refractivity contribution is 7.80. The molecule has 0 radical (unpaired) electrons. The summed E-state index contributed by atoms with van der Waals surface area (Å²) in [5.41, 5.74) is 14.1. The number of benzene rings is 2. The molecule has 0 aromatic heterocycles. The van der Waals surface area contributed by atoms with Gasteiger partial charge in [0.05, 0.1) is 19.9 Å². The lowest BCUT2D eigenvalue weighted by Gasteiger charge is -2.42. The third-order valence-corrected chi connectivity index (χ3v) is 6.34. The first-order valence-electron chi connectivity index (χ1n) is 10.7. The lowest BCUT2D eigenvalue weighted by Crippen LogP contribution is -2.40. The van der Waals surface area contributed by atoms with Crippen LogP contribution in [0.5, 0.6) is 23.0 Å². The molecule has 8 nitrogen and oxygen atoms in total. The number of ether oxygens (including phenoxy) is 4. The largest absolute Gasteiger partial charge is 0.493 e. The van der Waals surface area contributed by atoms with Crippen molar-refractivity contribution in [3.63, 3.8) is 0 Å². The number of hydrazone groups is 1. The summed E-state index contributed by atoms with van der Waals surface area (Å²) in [6.07, 6.45) is 3.54. The highest BCUT2D eigenvalue weighted by Gasteiger charge is 2.36. The Labute approximate surface area is 192 Å². The van der Waals surface area contributed by atoms with Crippen LogP contribution in [0.3, 0.4) is 0 Å². The van der Waals surface area contributed by atoms with Gasteiger partial charge in [0.1, 0.15) is 0 Å². The van der Waals surface area contributed by atoms with Crippen molar-refractivity contribution in [1.82, 2.24) is 10.3 Å². The van der Waals surface area contributed by atoms with Crippen LogP contribution in [0.1, 0.15) is 40.8 Å². The molecule has 0 aliphatic carbocycles. The molecule has 2 aromatic rings. The van der Waals surface area contributed by atoms with E-state index in [2.05, 4.69) is 27.6 Å². The van der Waals surface area contributed by atoms with Gasteiger partial charge in [-0.2, -0.15) is 5.10 Å². The average Bonchev–Trinajstić information content (AvgIpc) is 3.25. The van der Waals surface area contributed by atoms with E-state index in [0.29, 0.717) is 12.4 Å². The van der Waals surface area contributed by atoms with Crippen molar-refractivity contribution >= 4 is 23.5 Å². The predicted molar refractivity (Wildman–Crippen MR) is 125 cm³/mol. The Morgan fingerprint density at radius 3 is 2.88 bits per heavy atom. The number of nitrogens with zero attached hydrogens (tertiary/aromatic N) is 2. The topological polar surface area (TPSA) is 90.6 Å². The van der Waals surface area contributed by atoms with Gasteiger partial charge < -0.3 is 24.7 Å². The van der Waals surface area contributed by atoms with Gasteiger partial charge in [-0.1, -0.05) is 0 Å². The molecule has 32 heavy (non-hydrogen) atoms. The zero-order valence-electron chi connectivity index (χ0n) is 18.1. The molecule has 3 heterocycles. The molecule has 2 aromatic carbocycles. The second-order valence-electron chi connectivity index (χ2n) is 7.97.